The normalized spacial score (nSPS) is 11.4. The average molecular weight is 381 g/mol. The minimum Gasteiger partial charge on any atom is -0.435 e. The fraction of sp³-hybridized carbons (Fsp3) is 0.0625. The summed E-state index contributed by atoms with van der Waals surface area (Å²) in [6, 6.07) is 13.2. The summed E-state index contributed by atoms with van der Waals surface area (Å²) in [6.45, 7) is -2.87. The van der Waals surface area contributed by atoms with Gasteiger partial charge in [-0.05, 0) is 42.5 Å². The molecule has 0 aliphatic rings. The zero-order valence-corrected chi connectivity index (χ0v) is 14.1. The molecule has 1 heterocycles. The number of nitrogens with zero attached hydrogens (tertiary/aromatic N) is 3. The Balaban J connectivity index is 1.92. The van der Waals surface area contributed by atoms with Crippen LogP contribution in [0.5, 0.6) is 5.75 Å². The number of hydrogen-bond acceptors (Lipinski definition) is 4. The van der Waals surface area contributed by atoms with Gasteiger partial charge < -0.3 is 4.74 Å². The van der Waals surface area contributed by atoms with Crippen LogP contribution in [0.3, 0.4) is 0 Å². The third-order valence-corrected chi connectivity index (χ3v) is 3.81. The van der Waals surface area contributed by atoms with E-state index in [1.807, 2.05) is 18.2 Å². The van der Waals surface area contributed by atoms with E-state index in [2.05, 4.69) is 20.0 Å². The molecule has 0 saturated carbocycles. The third-order valence-electron chi connectivity index (χ3n) is 3.21. The molecular weight excluding hydrogens is 370 g/mol. The second kappa shape index (κ2) is 7.54. The van der Waals surface area contributed by atoms with Gasteiger partial charge >= 0.3 is 6.61 Å². The molecule has 128 valence electrons. The van der Waals surface area contributed by atoms with E-state index in [9.17, 15) is 8.78 Å². The van der Waals surface area contributed by atoms with Crippen LogP contribution < -0.4 is 4.74 Å². The number of benzene rings is 2. The maximum atomic E-state index is 12.2. The van der Waals surface area contributed by atoms with E-state index >= 15 is 0 Å². The highest BCUT2D eigenvalue weighted by Gasteiger charge is 2.10. The second-order valence-electron chi connectivity index (χ2n) is 4.83. The van der Waals surface area contributed by atoms with E-state index in [0.717, 1.165) is 5.56 Å². The second-order valence-corrected chi connectivity index (χ2v) is 5.63. The summed E-state index contributed by atoms with van der Waals surface area (Å²) < 4.78 is 30.5. The molecule has 0 amide bonds. The number of aromatic nitrogens is 3. The number of alkyl halides is 2. The van der Waals surface area contributed by atoms with Crippen molar-refractivity contribution >= 4 is 30.0 Å². The quantitative estimate of drug-likeness (QED) is 0.513. The number of nitrogens with one attached hydrogen (secondary N) is 1. The maximum Gasteiger partial charge on any atom is 0.387 e. The Morgan fingerprint density at radius 2 is 1.92 bits per heavy atom. The molecule has 9 heteroatoms. The fourth-order valence-electron chi connectivity index (χ4n) is 2.07. The molecule has 0 aliphatic heterocycles. The highest BCUT2D eigenvalue weighted by molar-refractivity contribution is 7.71. The van der Waals surface area contributed by atoms with E-state index in [1.165, 1.54) is 16.8 Å². The lowest BCUT2D eigenvalue weighted by Gasteiger charge is -2.05. The Morgan fingerprint density at radius 3 is 2.60 bits per heavy atom. The van der Waals surface area contributed by atoms with Crippen molar-refractivity contribution in [2.45, 2.75) is 6.61 Å². The summed E-state index contributed by atoms with van der Waals surface area (Å²) in [5.41, 5.74) is 1.35. The van der Waals surface area contributed by atoms with Crippen LogP contribution in [0.4, 0.5) is 8.78 Å². The van der Waals surface area contributed by atoms with E-state index in [0.29, 0.717) is 16.4 Å². The number of hydrogen-bond donors (Lipinski definition) is 1. The minimum atomic E-state index is -2.87. The number of halogens is 3. The molecule has 0 bridgehead atoms. The van der Waals surface area contributed by atoms with Crippen molar-refractivity contribution in [1.82, 2.24) is 14.9 Å². The van der Waals surface area contributed by atoms with Gasteiger partial charge in [-0.2, -0.15) is 23.7 Å². The smallest absolute Gasteiger partial charge is 0.387 e. The largest absolute Gasteiger partial charge is 0.435 e. The van der Waals surface area contributed by atoms with Gasteiger partial charge in [0.05, 0.1) is 6.21 Å². The Bertz CT molecular complexity index is 953. The maximum absolute atomic E-state index is 12.2. The van der Waals surface area contributed by atoms with Crippen LogP contribution in [0, 0.1) is 4.77 Å². The van der Waals surface area contributed by atoms with Crippen LogP contribution in [0.1, 0.15) is 5.56 Å². The van der Waals surface area contributed by atoms with Gasteiger partial charge in [0.25, 0.3) is 0 Å². The minimum absolute atomic E-state index is 0.0546. The van der Waals surface area contributed by atoms with Gasteiger partial charge in [-0.3, -0.25) is 0 Å². The van der Waals surface area contributed by atoms with Crippen molar-refractivity contribution in [2.75, 3.05) is 0 Å². The highest BCUT2D eigenvalue weighted by atomic mass is 35.5. The number of H-pyrrole nitrogens is 1. The molecule has 25 heavy (non-hydrogen) atoms. The Hall–Kier alpha value is -2.58. The monoisotopic (exact) mass is 380 g/mol. The predicted molar refractivity (Wildman–Crippen MR) is 93.9 cm³/mol. The SMILES string of the molecule is FC(F)Oc1ccc(-c2n[nH]c(=S)n2N=Cc2ccccc2Cl)cc1. The Morgan fingerprint density at radius 1 is 1.20 bits per heavy atom. The summed E-state index contributed by atoms with van der Waals surface area (Å²) in [6.07, 6.45) is 1.56. The van der Waals surface area contributed by atoms with Crippen LogP contribution >= 0.6 is 23.8 Å². The Labute approximate surface area is 151 Å². The van der Waals surface area contributed by atoms with E-state index in [-0.39, 0.29) is 10.5 Å². The molecule has 3 aromatic rings. The summed E-state index contributed by atoms with van der Waals surface area (Å²) in [5.74, 6) is 0.482. The van der Waals surface area contributed by atoms with E-state index in [4.69, 9.17) is 23.8 Å². The topological polar surface area (TPSA) is 55.2 Å². The van der Waals surface area contributed by atoms with Crippen molar-refractivity contribution in [3.8, 4) is 17.1 Å². The first-order chi connectivity index (χ1) is 12.0. The van der Waals surface area contributed by atoms with Gasteiger partial charge in [0.15, 0.2) is 5.82 Å². The molecule has 0 aliphatic carbocycles. The van der Waals surface area contributed by atoms with Crippen LogP contribution in [-0.4, -0.2) is 27.7 Å². The van der Waals surface area contributed by atoms with Crippen LogP contribution in [-0.2, 0) is 0 Å². The summed E-state index contributed by atoms with van der Waals surface area (Å²) >= 11 is 11.3. The zero-order valence-electron chi connectivity index (χ0n) is 12.6. The predicted octanol–water partition coefficient (Wildman–Crippen LogP) is 4.74. The molecule has 0 saturated heterocycles. The van der Waals surface area contributed by atoms with Crippen LogP contribution in [0.15, 0.2) is 53.6 Å². The molecule has 0 radical (unpaired) electrons. The molecule has 0 spiro atoms. The van der Waals surface area contributed by atoms with Gasteiger partial charge in [0.2, 0.25) is 4.77 Å². The van der Waals surface area contributed by atoms with E-state index < -0.39 is 6.61 Å². The van der Waals surface area contributed by atoms with Gasteiger partial charge in [-0.1, -0.05) is 29.8 Å². The molecule has 1 N–H and O–H groups in total. The summed E-state index contributed by atoms with van der Waals surface area (Å²) in [5, 5.41) is 11.6. The summed E-state index contributed by atoms with van der Waals surface area (Å²) in [7, 11) is 0. The summed E-state index contributed by atoms with van der Waals surface area (Å²) in [4.78, 5) is 0. The Kier molecular flexibility index (Phi) is 5.20. The van der Waals surface area contributed by atoms with Crippen molar-refractivity contribution in [3.63, 3.8) is 0 Å². The van der Waals surface area contributed by atoms with Gasteiger partial charge in [0, 0.05) is 16.1 Å². The van der Waals surface area contributed by atoms with Gasteiger partial charge in [-0.15, -0.1) is 0 Å². The van der Waals surface area contributed by atoms with Gasteiger partial charge in [-0.25, -0.2) is 5.10 Å². The number of ether oxygens (including phenoxy) is 1. The fourth-order valence-corrected chi connectivity index (χ4v) is 2.43. The van der Waals surface area contributed by atoms with Crippen LogP contribution in [0.2, 0.25) is 5.02 Å². The van der Waals surface area contributed by atoms with Crippen LogP contribution in [0.25, 0.3) is 11.4 Å². The first-order valence-corrected chi connectivity index (χ1v) is 7.85. The molecule has 0 atom stereocenters. The number of aromatic amines is 1. The first kappa shape index (κ1) is 17.2. The third kappa shape index (κ3) is 4.09. The molecule has 2 aromatic carbocycles. The van der Waals surface area contributed by atoms with Crippen molar-refractivity contribution in [2.24, 2.45) is 5.10 Å². The lowest BCUT2D eigenvalue weighted by Crippen LogP contribution is -2.01. The molecule has 0 unspecified atom stereocenters. The highest BCUT2D eigenvalue weighted by Crippen LogP contribution is 2.22. The van der Waals surface area contributed by atoms with Crippen molar-refractivity contribution in [1.29, 1.82) is 0 Å². The standard InChI is InChI=1S/C16H11ClF2N4OS/c17-13-4-2-1-3-11(13)9-20-23-14(21-22-16(23)25)10-5-7-12(8-6-10)24-15(18)19/h1-9,15H,(H,22,25). The van der Waals surface area contributed by atoms with Crippen molar-refractivity contribution in [3.05, 3.63) is 63.9 Å². The molecule has 3 rings (SSSR count). The van der Waals surface area contributed by atoms with E-state index in [1.54, 1.807) is 24.4 Å². The number of rotatable bonds is 5. The first-order valence-electron chi connectivity index (χ1n) is 7.06. The lowest BCUT2D eigenvalue weighted by atomic mass is 10.2. The zero-order chi connectivity index (χ0) is 17.8. The van der Waals surface area contributed by atoms with Crippen molar-refractivity contribution < 1.29 is 13.5 Å². The molecule has 1 aromatic heterocycles. The van der Waals surface area contributed by atoms with Gasteiger partial charge in [0.1, 0.15) is 5.75 Å². The average Bonchev–Trinajstić information content (AvgIpc) is 2.95. The lowest BCUT2D eigenvalue weighted by molar-refractivity contribution is -0.0498. The molecule has 0 fully saturated rings. The molecule has 5 nitrogen and oxygen atoms in total. The molecular formula is C16H11ClF2N4OS.